The van der Waals surface area contributed by atoms with Crippen LogP contribution >= 0.6 is 0 Å². The fraction of sp³-hybridized carbons (Fsp3) is 0.278. The molecule has 0 unspecified atom stereocenters. The highest BCUT2D eigenvalue weighted by atomic mass is 16.2. The van der Waals surface area contributed by atoms with Crippen LogP contribution in [0.15, 0.2) is 42.6 Å². The minimum absolute atomic E-state index is 0.000705. The van der Waals surface area contributed by atoms with Gasteiger partial charge in [-0.05, 0) is 43.2 Å². The molecule has 0 aliphatic heterocycles. The number of pyridine rings is 1. The number of amides is 2. The maximum Gasteiger partial charge on any atom is 0.244 e. The molecule has 1 aromatic carbocycles. The Morgan fingerprint density at radius 2 is 1.91 bits per heavy atom. The summed E-state index contributed by atoms with van der Waals surface area (Å²) in [5.41, 5.74) is 3.67. The Morgan fingerprint density at radius 1 is 1.13 bits per heavy atom. The maximum absolute atomic E-state index is 12.3. The fourth-order valence-electron chi connectivity index (χ4n) is 2.22. The molecule has 5 nitrogen and oxygen atoms in total. The topological polar surface area (TPSA) is 62.3 Å². The lowest BCUT2D eigenvalue weighted by atomic mass is 10.1. The zero-order chi connectivity index (χ0) is 16.8. The van der Waals surface area contributed by atoms with E-state index in [4.69, 9.17) is 0 Å². The quantitative estimate of drug-likeness (QED) is 0.923. The zero-order valence-corrected chi connectivity index (χ0v) is 13.7. The molecule has 0 saturated carbocycles. The van der Waals surface area contributed by atoms with Gasteiger partial charge in [-0.15, -0.1) is 0 Å². The molecule has 2 rings (SSSR count). The Hall–Kier alpha value is -2.69. The van der Waals surface area contributed by atoms with E-state index < -0.39 is 0 Å². The number of nitrogens with zero attached hydrogens (tertiary/aromatic N) is 2. The summed E-state index contributed by atoms with van der Waals surface area (Å²) in [5.74, 6) is -0.378. The summed E-state index contributed by atoms with van der Waals surface area (Å²) in [4.78, 5) is 29.7. The summed E-state index contributed by atoms with van der Waals surface area (Å²) in [6.07, 6.45) is 1.67. The highest BCUT2D eigenvalue weighted by Gasteiger charge is 2.15. The Kier molecular flexibility index (Phi) is 5.46. The van der Waals surface area contributed by atoms with Crippen LogP contribution in [0.1, 0.15) is 23.7 Å². The Balaban J connectivity index is 2.03. The molecule has 2 aromatic rings. The van der Waals surface area contributed by atoms with Gasteiger partial charge in [0.25, 0.3) is 0 Å². The van der Waals surface area contributed by atoms with E-state index in [2.05, 4.69) is 10.3 Å². The van der Waals surface area contributed by atoms with Crippen molar-refractivity contribution in [1.29, 1.82) is 0 Å². The van der Waals surface area contributed by atoms with E-state index in [1.54, 1.807) is 6.20 Å². The fourth-order valence-corrected chi connectivity index (χ4v) is 2.22. The van der Waals surface area contributed by atoms with Gasteiger partial charge in [0.05, 0.1) is 12.2 Å². The first-order chi connectivity index (χ1) is 11.0. The first-order valence-corrected chi connectivity index (χ1v) is 7.49. The van der Waals surface area contributed by atoms with Crippen molar-refractivity contribution in [2.45, 2.75) is 27.3 Å². The molecular weight excluding hydrogens is 290 g/mol. The van der Waals surface area contributed by atoms with Gasteiger partial charge in [-0.3, -0.25) is 14.6 Å². The van der Waals surface area contributed by atoms with Gasteiger partial charge in [0, 0.05) is 18.8 Å². The van der Waals surface area contributed by atoms with Crippen LogP contribution in [-0.2, 0) is 16.1 Å². The number of aryl methyl sites for hydroxylation is 1. The first kappa shape index (κ1) is 16.7. The zero-order valence-electron chi connectivity index (χ0n) is 13.7. The second-order valence-electron chi connectivity index (χ2n) is 5.49. The summed E-state index contributed by atoms with van der Waals surface area (Å²) >= 11 is 0. The second-order valence-corrected chi connectivity index (χ2v) is 5.49. The molecule has 1 aromatic heterocycles. The minimum Gasteiger partial charge on any atom is -0.328 e. The summed E-state index contributed by atoms with van der Waals surface area (Å²) in [6, 6.07) is 11.3. The SMILES string of the molecule is CC(=O)N(CC(=O)Nc1cccc(C)c1C)Cc1ccccn1. The summed E-state index contributed by atoms with van der Waals surface area (Å²) < 4.78 is 0. The van der Waals surface area contributed by atoms with Crippen molar-refractivity contribution < 1.29 is 9.59 Å². The normalized spacial score (nSPS) is 10.2. The van der Waals surface area contributed by atoms with Crippen molar-refractivity contribution in [3.05, 3.63) is 59.4 Å². The molecule has 0 saturated heterocycles. The highest BCUT2D eigenvalue weighted by molar-refractivity contribution is 5.95. The third kappa shape index (κ3) is 4.64. The van der Waals surface area contributed by atoms with Gasteiger partial charge in [0.2, 0.25) is 11.8 Å². The standard InChI is InChI=1S/C18H21N3O2/c1-13-7-6-9-17(14(13)2)20-18(23)12-21(15(3)22)11-16-8-4-5-10-19-16/h4-10H,11-12H2,1-3H3,(H,20,23). The van der Waals surface area contributed by atoms with Crippen molar-refractivity contribution in [3.8, 4) is 0 Å². The van der Waals surface area contributed by atoms with E-state index in [0.29, 0.717) is 6.54 Å². The van der Waals surface area contributed by atoms with Gasteiger partial charge in [-0.25, -0.2) is 0 Å². The number of hydrogen-bond acceptors (Lipinski definition) is 3. The lowest BCUT2D eigenvalue weighted by molar-refractivity contribution is -0.133. The molecule has 23 heavy (non-hydrogen) atoms. The van der Waals surface area contributed by atoms with Crippen molar-refractivity contribution in [2.75, 3.05) is 11.9 Å². The van der Waals surface area contributed by atoms with E-state index in [1.807, 2.05) is 50.2 Å². The molecule has 1 heterocycles. The molecule has 5 heteroatoms. The average Bonchev–Trinajstić information content (AvgIpc) is 2.52. The highest BCUT2D eigenvalue weighted by Crippen LogP contribution is 2.17. The third-order valence-electron chi connectivity index (χ3n) is 3.74. The minimum atomic E-state index is -0.218. The number of anilines is 1. The van der Waals surface area contributed by atoms with E-state index in [1.165, 1.54) is 11.8 Å². The lowest BCUT2D eigenvalue weighted by Gasteiger charge is -2.20. The molecule has 0 bridgehead atoms. The predicted octanol–water partition coefficient (Wildman–Crippen LogP) is 2.69. The van der Waals surface area contributed by atoms with Crippen LogP contribution in [0.3, 0.4) is 0 Å². The van der Waals surface area contributed by atoms with E-state index in [9.17, 15) is 9.59 Å². The molecule has 1 N–H and O–H groups in total. The van der Waals surface area contributed by atoms with Crippen molar-refractivity contribution in [2.24, 2.45) is 0 Å². The van der Waals surface area contributed by atoms with Crippen molar-refractivity contribution >= 4 is 17.5 Å². The van der Waals surface area contributed by atoms with Crippen LogP contribution in [0.2, 0.25) is 0 Å². The maximum atomic E-state index is 12.3. The molecular formula is C18H21N3O2. The van der Waals surface area contributed by atoms with Gasteiger partial charge in [0.15, 0.2) is 0 Å². The third-order valence-corrected chi connectivity index (χ3v) is 3.74. The molecule has 2 amide bonds. The van der Waals surface area contributed by atoms with Crippen LogP contribution in [0.25, 0.3) is 0 Å². The largest absolute Gasteiger partial charge is 0.328 e. The smallest absolute Gasteiger partial charge is 0.244 e. The van der Waals surface area contributed by atoms with E-state index in [-0.39, 0.29) is 18.4 Å². The monoisotopic (exact) mass is 311 g/mol. The summed E-state index contributed by atoms with van der Waals surface area (Å²) in [5, 5.41) is 2.87. The molecule has 0 atom stereocenters. The number of benzene rings is 1. The number of hydrogen-bond donors (Lipinski definition) is 1. The van der Waals surface area contributed by atoms with Gasteiger partial charge in [0.1, 0.15) is 6.54 Å². The summed E-state index contributed by atoms with van der Waals surface area (Å²) in [7, 11) is 0. The first-order valence-electron chi connectivity index (χ1n) is 7.49. The summed E-state index contributed by atoms with van der Waals surface area (Å²) in [6.45, 7) is 5.72. The second kappa shape index (κ2) is 7.54. The lowest BCUT2D eigenvalue weighted by Crippen LogP contribution is -2.36. The van der Waals surface area contributed by atoms with Crippen molar-refractivity contribution in [3.63, 3.8) is 0 Å². The molecule has 0 aliphatic carbocycles. The van der Waals surface area contributed by atoms with Crippen LogP contribution < -0.4 is 5.32 Å². The average molecular weight is 311 g/mol. The Morgan fingerprint density at radius 3 is 2.57 bits per heavy atom. The van der Waals surface area contributed by atoms with E-state index >= 15 is 0 Å². The molecule has 120 valence electrons. The number of rotatable bonds is 5. The van der Waals surface area contributed by atoms with Crippen LogP contribution in [-0.4, -0.2) is 28.2 Å². The number of aromatic nitrogens is 1. The van der Waals surface area contributed by atoms with Crippen LogP contribution in [0.4, 0.5) is 5.69 Å². The van der Waals surface area contributed by atoms with Crippen molar-refractivity contribution in [1.82, 2.24) is 9.88 Å². The van der Waals surface area contributed by atoms with Crippen LogP contribution in [0.5, 0.6) is 0 Å². The van der Waals surface area contributed by atoms with Gasteiger partial charge < -0.3 is 10.2 Å². The Labute approximate surface area is 136 Å². The van der Waals surface area contributed by atoms with Crippen LogP contribution in [0, 0.1) is 13.8 Å². The molecule has 0 spiro atoms. The number of carbonyl (C=O) groups excluding carboxylic acids is 2. The van der Waals surface area contributed by atoms with Gasteiger partial charge >= 0.3 is 0 Å². The van der Waals surface area contributed by atoms with Gasteiger partial charge in [-0.1, -0.05) is 18.2 Å². The Bertz CT molecular complexity index is 699. The predicted molar refractivity (Wildman–Crippen MR) is 89.9 cm³/mol. The number of nitrogens with one attached hydrogen (secondary N) is 1. The molecule has 0 aliphatic rings. The molecule has 0 radical (unpaired) electrons. The van der Waals surface area contributed by atoms with E-state index in [0.717, 1.165) is 22.5 Å². The molecule has 0 fully saturated rings. The van der Waals surface area contributed by atoms with Gasteiger partial charge in [-0.2, -0.15) is 0 Å². The number of carbonyl (C=O) groups is 2.